The molecule has 0 fully saturated rings. The summed E-state index contributed by atoms with van der Waals surface area (Å²) in [4.78, 5) is 22.7. The summed E-state index contributed by atoms with van der Waals surface area (Å²) in [6.45, 7) is 0. The smallest absolute Gasteiger partial charge is 0.377 e. The monoisotopic (exact) mass is 298 g/mol. The third-order valence-electron chi connectivity index (χ3n) is 1.87. The molecule has 2 aromatic rings. The van der Waals surface area contributed by atoms with E-state index in [9.17, 15) is 4.79 Å². The van der Waals surface area contributed by atoms with Gasteiger partial charge in [0.2, 0.25) is 0 Å². The number of carbonyl (C=O) groups excluding carboxylic acids is 1. The van der Waals surface area contributed by atoms with Crippen molar-refractivity contribution in [2.45, 2.75) is 0 Å². The summed E-state index contributed by atoms with van der Waals surface area (Å²) in [6.07, 6.45) is 2.62. The Hall–Kier alpha value is -2.03. The standard InChI is InChI=1S/C8H7BrN6O2/c1-17-8(16)6-13-3-15(14-6)7-4(9)5(10)11-2-12-7/h2-3H,1H3,(H2,10,11,12). The summed E-state index contributed by atoms with van der Waals surface area (Å²) in [5.41, 5.74) is 5.60. The van der Waals surface area contributed by atoms with Gasteiger partial charge in [0.05, 0.1) is 7.11 Å². The topological polar surface area (TPSA) is 109 Å². The highest BCUT2D eigenvalue weighted by molar-refractivity contribution is 9.10. The summed E-state index contributed by atoms with van der Waals surface area (Å²) in [5.74, 6) is -0.0243. The van der Waals surface area contributed by atoms with Crippen LogP contribution in [0.5, 0.6) is 0 Å². The number of rotatable bonds is 2. The summed E-state index contributed by atoms with van der Waals surface area (Å²) in [7, 11) is 1.25. The molecule has 2 rings (SSSR count). The number of carbonyl (C=O) groups is 1. The van der Waals surface area contributed by atoms with Crippen molar-refractivity contribution in [1.29, 1.82) is 0 Å². The first-order valence-electron chi connectivity index (χ1n) is 4.39. The third kappa shape index (κ3) is 2.09. The maximum absolute atomic E-state index is 11.2. The van der Waals surface area contributed by atoms with Gasteiger partial charge in [-0.1, -0.05) is 0 Å². The predicted molar refractivity (Wildman–Crippen MR) is 60.4 cm³/mol. The molecule has 0 radical (unpaired) electrons. The zero-order valence-electron chi connectivity index (χ0n) is 8.66. The Bertz CT molecular complexity index is 569. The normalized spacial score (nSPS) is 10.2. The molecule has 8 nitrogen and oxygen atoms in total. The molecule has 0 aliphatic rings. The van der Waals surface area contributed by atoms with Crippen LogP contribution < -0.4 is 5.73 Å². The number of nitrogen functional groups attached to an aromatic ring is 1. The molecule has 0 amide bonds. The highest BCUT2D eigenvalue weighted by Gasteiger charge is 2.15. The van der Waals surface area contributed by atoms with Crippen LogP contribution >= 0.6 is 15.9 Å². The van der Waals surface area contributed by atoms with Gasteiger partial charge in [0.15, 0.2) is 5.82 Å². The maximum Gasteiger partial charge on any atom is 0.377 e. The molecule has 0 aliphatic heterocycles. The molecule has 17 heavy (non-hydrogen) atoms. The van der Waals surface area contributed by atoms with E-state index in [0.717, 1.165) is 0 Å². The number of nitrogens with two attached hydrogens (primary N) is 1. The molecule has 0 saturated carbocycles. The van der Waals surface area contributed by atoms with Gasteiger partial charge in [-0.15, -0.1) is 5.10 Å². The second kappa shape index (κ2) is 4.45. The van der Waals surface area contributed by atoms with Crippen LogP contribution in [0.3, 0.4) is 0 Å². The lowest BCUT2D eigenvalue weighted by atomic mass is 10.5. The number of halogens is 1. The van der Waals surface area contributed by atoms with Crippen LogP contribution in [0.15, 0.2) is 17.1 Å². The molecule has 2 heterocycles. The molecule has 0 unspecified atom stereocenters. The fraction of sp³-hybridized carbons (Fsp3) is 0.125. The van der Waals surface area contributed by atoms with Crippen molar-refractivity contribution in [2.75, 3.05) is 12.8 Å². The van der Waals surface area contributed by atoms with Crippen molar-refractivity contribution in [3.8, 4) is 5.82 Å². The zero-order chi connectivity index (χ0) is 12.4. The first kappa shape index (κ1) is 11.5. The van der Waals surface area contributed by atoms with E-state index >= 15 is 0 Å². The van der Waals surface area contributed by atoms with Crippen molar-refractivity contribution in [2.24, 2.45) is 0 Å². The molecule has 2 aromatic heterocycles. The molecule has 0 aliphatic carbocycles. The quantitative estimate of drug-likeness (QED) is 0.788. The number of hydrogen-bond acceptors (Lipinski definition) is 7. The van der Waals surface area contributed by atoms with Gasteiger partial charge in [0.1, 0.15) is 22.9 Å². The van der Waals surface area contributed by atoms with Crippen molar-refractivity contribution in [3.63, 3.8) is 0 Å². The van der Waals surface area contributed by atoms with Crippen LogP contribution in [-0.4, -0.2) is 37.8 Å². The van der Waals surface area contributed by atoms with Gasteiger partial charge >= 0.3 is 5.97 Å². The average molecular weight is 299 g/mol. The van der Waals surface area contributed by atoms with E-state index in [1.165, 1.54) is 24.4 Å². The number of methoxy groups -OCH3 is 1. The second-order valence-corrected chi connectivity index (χ2v) is 3.69. The fourth-order valence-electron chi connectivity index (χ4n) is 1.08. The van der Waals surface area contributed by atoms with Gasteiger partial charge in [0.25, 0.3) is 5.82 Å². The number of ether oxygens (including phenoxy) is 1. The van der Waals surface area contributed by atoms with Crippen molar-refractivity contribution < 1.29 is 9.53 Å². The van der Waals surface area contributed by atoms with E-state index in [1.54, 1.807) is 0 Å². The Morgan fingerprint density at radius 2 is 2.24 bits per heavy atom. The van der Waals surface area contributed by atoms with Crippen LogP contribution in [0.4, 0.5) is 5.82 Å². The summed E-state index contributed by atoms with van der Waals surface area (Å²) >= 11 is 3.23. The molecule has 0 bridgehead atoms. The van der Waals surface area contributed by atoms with Crippen molar-refractivity contribution in [3.05, 3.63) is 23.0 Å². The second-order valence-electron chi connectivity index (χ2n) is 2.90. The van der Waals surface area contributed by atoms with E-state index in [1.807, 2.05) is 0 Å². The average Bonchev–Trinajstić information content (AvgIpc) is 2.81. The van der Waals surface area contributed by atoms with Crippen molar-refractivity contribution in [1.82, 2.24) is 24.7 Å². The maximum atomic E-state index is 11.2. The molecule has 0 spiro atoms. The summed E-state index contributed by atoms with van der Waals surface area (Å²) in [6, 6.07) is 0. The lowest BCUT2D eigenvalue weighted by Gasteiger charge is -2.03. The lowest BCUT2D eigenvalue weighted by molar-refractivity contribution is 0.0587. The van der Waals surface area contributed by atoms with Crippen LogP contribution in [0.25, 0.3) is 5.82 Å². The number of esters is 1. The molecule has 0 atom stereocenters. The van der Waals surface area contributed by atoms with Gasteiger partial charge in [0, 0.05) is 0 Å². The van der Waals surface area contributed by atoms with Gasteiger partial charge in [-0.25, -0.2) is 24.4 Å². The minimum atomic E-state index is -0.623. The molecule has 9 heteroatoms. The summed E-state index contributed by atoms with van der Waals surface area (Å²) < 4.78 is 6.27. The first-order chi connectivity index (χ1) is 8.13. The van der Waals surface area contributed by atoms with Crippen LogP contribution in [0.2, 0.25) is 0 Å². The van der Waals surface area contributed by atoms with Crippen LogP contribution in [0.1, 0.15) is 10.6 Å². The minimum absolute atomic E-state index is 0.0587. The van der Waals surface area contributed by atoms with Crippen LogP contribution in [0, 0.1) is 0 Å². The Morgan fingerprint density at radius 3 is 2.94 bits per heavy atom. The zero-order valence-corrected chi connectivity index (χ0v) is 10.2. The third-order valence-corrected chi connectivity index (χ3v) is 2.64. The Kier molecular flexibility index (Phi) is 3.00. The van der Waals surface area contributed by atoms with Gasteiger partial charge in [-0.3, -0.25) is 0 Å². The van der Waals surface area contributed by atoms with Crippen LogP contribution in [-0.2, 0) is 4.74 Å². The highest BCUT2D eigenvalue weighted by atomic mass is 79.9. The number of aromatic nitrogens is 5. The lowest BCUT2D eigenvalue weighted by Crippen LogP contribution is -2.07. The van der Waals surface area contributed by atoms with E-state index in [4.69, 9.17) is 5.73 Å². The van der Waals surface area contributed by atoms with E-state index in [-0.39, 0.29) is 11.6 Å². The Labute approximate surface area is 104 Å². The number of hydrogen-bond donors (Lipinski definition) is 1. The summed E-state index contributed by atoms with van der Waals surface area (Å²) in [5, 5.41) is 3.91. The Balaban J connectivity index is 2.44. The molecule has 2 N–H and O–H groups in total. The van der Waals surface area contributed by atoms with Crippen molar-refractivity contribution >= 4 is 27.7 Å². The number of nitrogens with zero attached hydrogens (tertiary/aromatic N) is 5. The molecule has 0 aromatic carbocycles. The minimum Gasteiger partial charge on any atom is -0.463 e. The van der Waals surface area contributed by atoms with E-state index in [0.29, 0.717) is 10.3 Å². The van der Waals surface area contributed by atoms with Gasteiger partial charge in [-0.2, -0.15) is 0 Å². The highest BCUT2D eigenvalue weighted by Crippen LogP contribution is 2.22. The first-order valence-corrected chi connectivity index (χ1v) is 5.19. The molecule has 88 valence electrons. The largest absolute Gasteiger partial charge is 0.463 e. The van der Waals surface area contributed by atoms with Gasteiger partial charge < -0.3 is 10.5 Å². The Morgan fingerprint density at radius 1 is 1.47 bits per heavy atom. The van der Waals surface area contributed by atoms with Gasteiger partial charge in [-0.05, 0) is 15.9 Å². The fourth-order valence-corrected chi connectivity index (χ4v) is 1.47. The molecule has 0 saturated heterocycles. The van der Waals surface area contributed by atoms with E-state index < -0.39 is 5.97 Å². The predicted octanol–water partition coefficient (Wildman–Crippen LogP) is 0.189. The number of anilines is 1. The molecular formula is C8H7BrN6O2. The SMILES string of the molecule is COC(=O)c1ncn(-c2ncnc(N)c2Br)n1. The van der Waals surface area contributed by atoms with E-state index in [2.05, 4.69) is 40.7 Å². The molecular weight excluding hydrogens is 292 g/mol.